The van der Waals surface area contributed by atoms with Gasteiger partial charge in [0.25, 0.3) is 15.9 Å². The van der Waals surface area contributed by atoms with Crippen molar-refractivity contribution in [3.63, 3.8) is 0 Å². The summed E-state index contributed by atoms with van der Waals surface area (Å²) in [5, 5.41) is 6.79. The van der Waals surface area contributed by atoms with Crippen LogP contribution in [-0.4, -0.2) is 38.3 Å². The highest BCUT2D eigenvalue weighted by molar-refractivity contribution is 7.92. The van der Waals surface area contributed by atoms with E-state index in [2.05, 4.69) is 10.4 Å². The molecule has 8 nitrogen and oxygen atoms in total. The Morgan fingerprint density at radius 2 is 1.90 bits per heavy atom. The summed E-state index contributed by atoms with van der Waals surface area (Å²) in [6.07, 6.45) is 1.70. The van der Waals surface area contributed by atoms with Crippen LogP contribution in [0.3, 0.4) is 0 Å². The number of nitrogens with zero attached hydrogens (tertiary/aromatic N) is 3. The summed E-state index contributed by atoms with van der Waals surface area (Å²) in [4.78, 5) is 12.7. The molecule has 2 aromatic carbocycles. The molecule has 0 radical (unpaired) electrons. The Kier molecular flexibility index (Phi) is 5.60. The van der Waals surface area contributed by atoms with Crippen LogP contribution in [0.4, 0.5) is 11.5 Å². The summed E-state index contributed by atoms with van der Waals surface area (Å²) in [5.41, 5.74) is 1.30. The molecule has 1 N–H and O–H groups in total. The van der Waals surface area contributed by atoms with Crippen molar-refractivity contribution in [1.82, 2.24) is 9.78 Å². The summed E-state index contributed by atoms with van der Waals surface area (Å²) in [7, 11) is 0.748. The molecule has 0 saturated heterocycles. The van der Waals surface area contributed by atoms with Gasteiger partial charge in [-0.05, 0) is 36.8 Å². The normalized spacial score (nSPS) is 11.2. The molecule has 0 aliphatic heterocycles. The van der Waals surface area contributed by atoms with E-state index in [0.29, 0.717) is 22.8 Å². The lowest BCUT2D eigenvalue weighted by Crippen LogP contribution is -2.27. The van der Waals surface area contributed by atoms with Crippen molar-refractivity contribution < 1.29 is 17.9 Å². The van der Waals surface area contributed by atoms with Crippen LogP contribution in [0.1, 0.15) is 15.9 Å². The maximum absolute atomic E-state index is 13.2. The fraction of sp³-hybridized carbons (Fsp3) is 0.200. The molecule has 9 heteroatoms. The zero-order valence-electron chi connectivity index (χ0n) is 16.6. The van der Waals surface area contributed by atoms with E-state index in [0.717, 1.165) is 4.31 Å². The number of anilines is 2. The Morgan fingerprint density at radius 1 is 1.17 bits per heavy atom. The Bertz CT molecular complexity index is 1150. The number of nitrogens with one attached hydrogen (secondary N) is 1. The minimum Gasteiger partial charge on any atom is -0.495 e. The molecule has 1 amide bonds. The topological polar surface area (TPSA) is 93.5 Å². The number of ether oxygens (including phenoxy) is 1. The number of aryl methyl sites for hydroxylation is 2. The minimum atomic E-state index is -3.91. The highest BCUT2D eigenvalue weighted by Gasteiger charge is 2.25. The fourth-order valence-corrected chi connectivity index (χ4v) is 4.08. The van der Waals surface area contributed by atoms with Crippen molar-refractivity contribution in [2.45, 2.75) is 11.8 Å². The molecule has 3 aromatic rings. The van der Waals surface area contributed by atoms with Crippen LogP contribution in [0.5, 0.6) is 5.75 Å². The Labute approximate surface area is 169 Å². The zero-order chi connectivity index (χ0) is 21.2. The molecule has 0 unspecified atom stereocenters. The van der Waals surface area contributed by atoms with Gasteiger partial charge >= 0.3 is 0 Å². The molecular weight excluding hydrogens is 392 g/mol. The average Bonchev–Trinajstić information content (AvgIpc) is 3.11. The first-order chi connectivity index (χ1) is 13.7. The number of methoxy groups -OCH3 is 1. The third-order valence-corrected chi connectivity index (χ3v) is 6.26. The van der Waals surface area contributed by atoms with Gasteiger partial charge < -0.3 is 10.1 Å². The first kappa shape index (κ1) is 20.4. The smallest absolute Gasteiger partial charge is 0.264 e. The van der Waals surface area contributed by atoms with Crippen molar-refractivity contribution in [2.24, 2.45) is 7.05 Å². The second-order valence-corrected chi connectivity index (χ2v) is 8.42. The number of aromatic nitrogens is 2. The molecule has 0 fully saturated rings. The van der Waals surface area contributed by atoms with Gasteiger partial charge in [0.05, 0.1) is 17.7 Å². The zero-order valence-corrected chi connectivity index (χ0v) is 17.4. The highest BCUT2D eigenvalue weighted by atomic mass is 32.2. The van der Waals surface area contributed by atoms with E-state index in [1.807, 2.05) is 0 Å². The van der Waals surface area contributed by atoms with Gasteiger partial charge in [-0.3, -0.25) is 13.8 Å². The molecule has 0 atom stereocenters. The number of rotatable bonds is 6. The van der Waals surface area contributed by atoms with Crippen LogP contribution < -0.4 is 14.4 Å². The minimum absolute atomic E-state index is 0.00248. The number of para-hydroxylation sites is 2. The molecule has 0 aliphatic carbocycles. The van der Waals surface area contributed by atoms with Crippen LogP contribution >= 0.6 is 0 Å². The van der Waals surface area contributed by atoms with Crippen molar-refractivity contribution in [3.8, 4) is 5.75 Å². The molecule has 0 aliphatic rings. The van der Waals surface area contributed by atoms with Crippen LogP contribution in [0.2, 0.25) is 0 Å². The van der Waals surface area contributed by atoms with Gasteiger partial charge in [-0.2, -0.15) is 5.10 Å². The predicted octanol–water partition coefficient (Wildman–Crippen LogP) is 2.81. The molecule has 0 spiro atoms. The van der Waals surface area contributed by atoms with Crippen LogP contribution in [0.25, 0.3) is 0 Å². The van der Waals surface area contributed by atoms with Crippen molar-refractivity contribution >= 4 is 27.4 Å². The quantitative estimate of drug-likeness (QED) is 0.669. The van der Waals surface area contributed by atoms with Gasteiger partial charge in [0.2, 0.25) is 0 Å². The summed E-state index contributed by atoms with van der Waals surface area (Å²) >= 11 is 0. The molecule has 1 aromatic heterocycles. The first-order valence-corrected chi connectivity index (χ1v) is 10.2. The lowest BCUT2D eigenvalue weighted by atomic mass is 10.1. The highest BCUT2D eigenvalue weighted by Crippen LogP contribution is 2.31. The van der Waals surface area contributed by atoms with Gasteiger partial charge in [-0.1, -0.05) is 18.2 Å². The lowest BCUT2D eigenvalue weighted by molar-refractivity contribution is 0.102. The third kappa shape index (κ3) is 4.09. The maximum atomic E-state index is 13.2. The third-order valence-electron chi connectivity index (χ3n) is 4.49. The SMILES string of the molecule is COc1ccccc1N(C)S(=O)(=O)c1ccc(C)c(C(=O)Nc2ccn(C)n2)c1. The van der Waals surface area contributed by atoms with Gasteiger partial charge in [0.15, 0.2) is 5.82 Å². The molecular formula is C20H22N4O4S. The standard InChI is InChI=1S/C20H22N4O4S/c1-14-9-10-15(13-16(14)20(25)21-19-11-12-23(2)22-19)29(26,27)24(3)17-7-5-6-8-18(17)28-4/h5-13H,1-4H3,(H,21,22,25). The number of hydrogen-bond donors (Lipinski definition) is 1. The fourth-order valence-electron chi connectivity index (χ4n) is 2.85. The molecule has 1 heterocycles. The largest absolute Gasteiger partial charge is 0.495 e. The van der Waals surface area contributed by atoms with Crippen molar-refractivity contribution in [1.29, 1.82) is 0 Å². The molecule has 29 heavy (non-hydrogen) atoms. The van der Waals surface area contributed by atoms with Crippen molar-refractivity contribution in [3.05, 3.63) is 65.9 Å². The van der Waals surface area contributed by atoms with Crippen molar-refractivity contribution in [2.75, 3.05) is 23.8 Å². The van der Waals surface area contributed by atoms with E-state index in [1.165, 1.54) is 26.3 Å². The van der Waals surface area contributed by atoms with Crippen LogP contribution in [0.15, 0.2) is 59.6 Å². The summed E-state index contributed by atoms with van der Waals surface area (Å²) in [6.45, 7) is 1.74. The van der Waals surface area contributed by atoms with Crippen LogP contribution in [0, 0.1) is 6.92 Å². The van der Waals surface area contributed by atoms with Gasteiger partial charge in [-0.25, -0.2) is 8.42 Å². The van der Waals surface area contributed by atoms with Gasteiger partial charge in [-0.15, -0.1) is 0 Å². The Morgan fingerprint density at radius 3 is 2.55 bits per heavy atom. The van der Waals surface area contributed by atoms with Crippen LogP contribution in [-0.2, 0) is 17.1 Å². The molecule has 3 rings (SSSR count). The summed E-state index contributed by atoms with van der Waals surface area (Å²) in [6, 6.07) is 12.9. The summed E-state index contributed by atoms with van der Waals surface area (Å²) in [5.74, 6) is 0.383. The average molecular weight is 414 g/mol. The first-order valence-electron chi connectivity index (χ1n) is 8.77. The molecule has 152 valence electrons. The Balaban J connectivity index is 1.96. The number of sulfonamides is 1. The number of hydrogen-bond acceptors (Lipinski definition) is 5. The molecule has 0 saturated carbocycles. The second kappa shape index (κ2) is 7.96. The van der Waals surface area contributed by atoms with E-state index in [1.54, 1.807) is 61.2 Å². The van der Waals surface area contributed by atoms with E-state index in [4.69, 9.17) is 4.74 Å². The lowest BCUT2D eigenvalue weighted by Gasteiger charge is -2.22. The second-order valence-electron chi connectivity index (χ2n) is 6.45. The monoisotopic (exact) mass is 414 g/mol. The van der Waals surface area contributed by atoms with Gasteiger partial charge in [0, 0.05) is 31.9 Å². The number of carbonyl (C=O) groups is 1. The van der Waals surface area contributed by atoms with E-state index >= 15 is 0 Å². The number of amides is 1. The van der Waals surface area contributed by atoms with E-state index < -0.39 is 15.9 Å². The van der Waals surface area contributed by atoms with E-state index in [-0.39, 0.29) is 10.5 Å². The summed E-state index contributed by atoms with van der Waals surface area (Å²) < 4.78 is 34.3. The molecule has 0 bridgehead atoms. The maximum Gasteiger partial charge on any atom is 0.264 e. The predicted molar refractivity (Wildman–Crippen MR) is 111 cm³/mol. The van der Waals surface area contributed by atoms with Gasteiger partial charge in [0.1, 0.15) is 5.75 Å². The number of carbonyl (C=O) groups excluding carboxylic acids is 1. The van der Waals surface area contributed by atoms with E-state index in [9.17, 15) is 13.2 Å². The Hall–Kier alpha value is -3.33. The number of benzene rings is 2.